The van der Waals surface area contributed by atoms with Gasteiger partial charge in [-0.05, 0) is 42.7 Å². The molecule has 0 saturated carbocycles. The van der Waals surface area contributed by atoms with Gasteiger partial charge in [-0.3, -0.25) is 4.79 Å². The summed E-state index contributed by atoms with van der Waals surface area (Å²) >= 11 is 0. The van der Waals surface area contributed by atoms with E-state index in [9.17, 15) is 9.59 Å². The van der Waals surface area contributed by atoms with Crippen molar-refractivity contribution in [1.29, 1.82) is 0 Å². The van der Waals surface area contributed by atoms with Gasteiger partial charge in [-0.1, -0.05) is 30.3 Å². The zero-order valence-electron chi connectivity index (χ0n) is 13.4. The van der Waals surface area contributed by atoms with Crippen molar-refractivity contribution in [2.75, 3.05) is 6.61 Å². The second kappa shape index (κ2) is 6.84. The molecule has 0 bridgehead atoms. The van der Waals surface area contributed by atoms with Gasteiger partial charge in [0.2, 0.25) is 0 Å². The van der Waals surface area contributed by atoms with Crippen molar-refractivity contribution in [3.63, 3.8) is 0 Å². The Morgan fingerprint density at radius 2 is 1.83 bits per heavy atom. The summed E-state index contributed by atoms with van der Waals surface area (Å²) in [5, 5.41) is 12.1. The highest BCUT2D eigenvalue weighted by Crippen LogP contribution is 2.29. The van der Waals surface area contributed by atoms with Gasteiger partial charge >= 0.3 is 5.97 Å². The molecule has 24 heavy (non-hydrogen) atoms. The van der Waals surface area contributed by atoms with E-state index in [2.05, 4.69) is 5.32 Å². The molecule has 1 fully saturated rings. The zero-order valence-corrected chi connectivity index (χ0v) is 13.4. The van der Waals surface area contributed by atoms with Crippen molar-refractivity contribution < 1.29 is 19.4 Å². The number of amides is 1. The number of rotatable bonds is 4. The van der Waals surface area contributed by atoms with Crippen molar-refractivity contribution in [3.05, 3.63) is 70.8 Å². The summed E-state index contributed by atoms with van der Waals surface area (Å²) in [6.45, 7) is 2.35. The van der Waals surface area contributed by atoms with Crippen LogP contribution >= 0.6 is 0 Å². The van der Waals surface area contributed by atoms with Crippen molar-refractivity contribution in [2.45, 2.75) is 25.5 Å². The van der Waals surface area contributed by atoms with Crippen molar-refractivity contribution in [2.24, 2.45) is 0 Å². The second-order valence-corrected chi connectivity index (χ2v) is 5.96. The summed E-state index contributed by atoms with van der Waals surface area (Å²) in [7, 11) is 0. The number of carbonyl (C=O) groups is 2. The lowest BCUT2D eigenvalue weighted by Crippen LogP contribution is -2.36. The van der Waals surface area contributed by atoms with Gasteiger partial charge in [0.05, 0.1) is 11.6 Å². The molecule has 2 N–H and O–H groups in total. The molecular formula is C19H19NO4. The van der Waals surface area contributed by atoms with Crippen LogP contribution in [0.2, 0.25) is 0 Å². The smallest absolute Gasteiger partial charge is 0.335 e. The molecule has 5 nitrogen and oxygen atoms in total. The third-order valence-corrected chi connectivity index (χ3v) is 4.12. The van der Waals surface area contributed by atoms with E-state index in [1.807, 2.05) is 30.3 Å². The Hall–Kier alpha value is -2.66. The molecule has 1 aliphatic rings. The maximum atomic E-state index is 12.5. The Morgan fingerprint density at radius 1 is 1.12 bits per heavy atom. The fourth-order valence-corrected chi connectivity index (χ4v) is 3.00. The molecule has 0 radical (unpaired) electrons. The minimum atomic E-state index is -1.04. The highest BCUT2D eigenvalue weighted by atomic mass is 16.5. The molecule has 0 spiro atoms. The third-order valence-electron chi connectivity index (χ3n) is 4.12. The van der Waals surface area contributed by atoms with Crippen LogP contribution in [0, 0.1) is 6.92 Å². The molecule has 5 heteroatoms. The molecule has 2 unspecified atom stereocenters. The maximum Gasteiger partial charge on any atom is 0.335 e. The van der Waals surface area contributed by atoms with Crippen LogP contribution in [0.3, 0.4) is 0 Å². The van der Waals surface area contributed by atoms with Crippen molar-refractivity contribution >= 4 is 11.9 Å². The number of carboxylic acids is 1. The average Bonchev–Trinajstić information content (AvgIpc) is 3.03. The number of aromatic carboxylic acids is 1. The fourth-order valence-electron chi connectivity index (χ4n) is 3.00. The number of benzene rings is 2. The highest BCUT2D eigenvalue weighted by molar-refractivity contribution is 5.98. The van der Waals surface area contributed by atoms with Crippen LogP contribution in [0.5, 0.6) is 0 Å². The molecular weight excluding hydrogens is 306 g/mol. The number of carboxylic acid groups (broad SMARTS) is 1. The van der Waals surface area contributed by atoms with Crippen LogP contribution in [0.25, 0.3) is 0 Å². The van der Waals surface area contributed by atoms with Gasteiger partial charge < -0.3 is 15.2 Å². The Bertz CT molecular complexity index is 757. The number of ether oxygens (including phenoxy) is 1. The summed E-state index contributed by atoms with van der Waals surface area (Å²) in [4.78, 5) is 23.7. The Morgan fingerprint density at radius 3 is 2.54 bits per heavy atom. The van der Waals surface area contributed by atoms with E-state index in [0.29, 0.717) is 12.2 Å². The van der Waals surface area contributed by atoms with Gasteiger partial charge in [-0.25, -0.2) is 4.79 Å². The molecule has 0 aliphatic carbocycles. The summed E-state index contributed by atoms with van der Waals surface area (Å²) in [5.74, 6) is -1.32. The lowest BCUT2D eigenvalue weighted by Gasteiger charge is -2.20. The van der Waals surface area contributed by atoms with Crippen LogP contribution in [0.4, 0.5) is 0 Å². The molecule has 1 aliphatic heterocycles. The van der Waals surface area contributed by atoms with E-state index in [4.69, 9.17) is 9.84 Å². The van der Waals surface area contributed by atoms with Gasteiger partial charge in [-0.2, -0.15) is 0 Å². The van der Waals surface area contributed by atoms with E-state index in [0.717, 1.165) is 17.5 Å². The number of carbonyl (C=O) groups excluding carboxylic acids is 1. The van der Waals surface area contributed by atoms with Gasteiger partial charge in [-0.15, -0.1) is 0 Å². The summed E-state index contributed by atoms with van der Waals surface area (Å²) in [6, 6.07) is 14.3. The molecule has 1 saturated heterocycles. The van der Waals surface area contributed by atoms with E-state index in [1.165, 1.54) is 6.07 Å². The minimum absolute atomic E-state index is 0.113. The van der Waals surface area contributed by atoms with Crippen LogP contribution in [-0.4, -0.2) is 29.6 Å². The molecule has 1 amide bonds. The number of aryl methyl sites for hydroxylation is 1. The van der Waals surface area contributed by atoms with Crippen LogP contribution in [0.1, 0.15) is 44.4 Å². The van der Waals surface area contributed by atoms with Crippen LogP contribution in [-0.2, 0) is 4.74 Å². The summed E-state index contributed by atoms with van der Waals surface area (Å²) in [6.07, 6.45) is 0.544. The van der Waals surface area contributed by atoms with Gasteiger partial charge in [0.15, 0.2) is 0 Å². The molecule has 3 rings (SSSR count). The standard InChI is InChI=1S/C19H19NO4/c1-12-9-14(11-15(10-12)19(22)23)18(21)20-16-7-8-24-17(16)13-5-3-2-4-6-13/h2-6,9-11,16-17H,7-8H2,1H3,(H,20,21)(H,22,23). The first-order chi connectivity index (χ1) is 11.5. The fraction of sp³-hybridized carbons (Fsp3) is 0.263. The molecule has 2 aromatic carbocycles. The average molecular weight is 325 g/mol. The second-order valence-electron chi connectivity index (χ2n) is 5.96. The van der Waals surface area contributed by atoms with E-state index < -0.39 is 5.97 Å². The lowest BCUT2D eigenvalue weighted by atomic mass is 10.0. The van der Waals surface area contributed by atoms with Gasteiger partial charge in [0.25, 0.3) is 5.91 Å². The van der Waals surface area contributed by atoms with Gasteiger partial charge in [0.1, 0.15) is 6.10 Å². The Labute approximate surface area is 140 Å². The van der Waals surface area contributed by atoms with Crippen LogP contribution < -0.4 is 5.32 Å². The third kappa shape index (κ3) is 3.46. The number of hydrogen-bond donors (Lipinski definition) is 2. The van der Waals surface area contributed by atoms with Crippen LogP contribution in [0.15, 0.2) is 48.5 Å². The molecule has 0 aromatic heterocycles. The molecule has 1 heterocycles. The lowest BCUT2D eigenvalue weighted by molar-refractivity contribution is 0.0696. The first-order valence-corrected chi connectivity index (χ1v) is 7.87. The zero-order chi connectivity index (χ0) is 17.1. The normalized spacial score (nSPS) is 19.9. The van der Waals surface area contributed by atoms with Crippen molar-refractivity contribution in [1.82, 2.24) is 5.32 Å². The van der Waals surface area contributed by atoms with E-state index in [-0.39, 0.29) is 23.6 Å². The van der Waals surface area contributed by atoms with E-state index >= 15 is 0 Å². The monoisotopic (exact) mass is 325 g/mol. The Balaban J connectivity index is 1.78. The highest BCUT2D eigenvalue weighted by Gasteiger charge is 2.31. The Kier molecular flexibility index (Phi) is 4.62. The maximum absolute atomic E-state index is 12.5. The molecule has 2 aromatic rings. The largest absolute Gasteiger partial charge is 0.478 e. The minimum Gasteiger partial charge on any atom is -0.478 e. The van der Waals surface area contributed by atoms with Crippen molar-refractivity contribution in [3.8, 4) is 0 Å². The quantitative estimate of drug-likeness (QED) is 0.906. The molecule has 2 atom stereocenters. The topological polar surface area (TPSA) is 75.6 Å². The summed E-state index contributed by atoms with van der Waals surface area (Å²) in [5.41, 5.74) is 2.23. The summed E-state index contributed by atoms with van der Waals surface area (Å²) < 4.78 is 5.77. The van der Waals surface area contributed by atoms with Gasteiger partial charge in [0, 0.05) is 12.2 Å². The first-order valence-electron chi connectivity index (χ1n) is 7.87. The predicted octanol–water partition coefficient (Wildman–Crippen LogP) is 2.95. The first kappa shape index (κ1) is 16.2. The number of nitrogens with one attached hydrogen (secondary N) is 1. The molecule has 124 valence electrons. The SMILES string of the molecule is Cc1cc(C(=O)O)cc(C(=O)NC2CCOC2c2ccccc2)c1. The van der Waals surface area contributed by atoms with E-state index in [1.54, 1.807) is 19.1 Å². The predicted molar refractivity (Wildman–Crippen MR) is 89.1 cm³/mol. The number of hydrogen-bond acceptors (Lipinski definition) is 3.